The van der Waals surface area contributed by atoms with Crippen molar-refractivity contribution in [3.8, 4) is 17.3 Å². The number of nitrogens with zero attached hydrogens (tertiary/aromatic N) is 6. The van der Waals surface area contributed by atoms with Crippen LogP contribution < -0.4 is 10.5 Å². The van der Waals surface area contributed by atoms with Gasteiger partial charge in [0.2, 0.25) is 5.89 Å². The van der Waals surface area contributed by atoms with Gasteiger partial charge in [-0.2, -0.15) is 0 Å². The Bertz CT molecular complexity index is 1600. The maximum absolute atomic E-state index is 13.1. The molecule has 6 rings (SSSR count). The van der Waals surface area contributed by atoms with Crippen molar-refractivity contribution in [3.63, 3.8) is 0 Å². The molecule has 0 saturated heterocycles. The molecule has 0 saturated carbocycles. The van der Waals surface area contributed by atoms with Gasteiger partial charge in [-0.05, 0) is 25.1 Å². The Hall–Kier alpha value is -4.18. The Kier molecular flexibility index (Phi) is 5.26. The summed E-state index contributed by atoms with van der Waals surface area (Å²) in [6, 6.07) is 9.79. The Morgan fingerprint density at radius 3 is 2.86 bits per heavy atom. The van der Waals surface area contributed by atoms with E-state index in [-0.39, 0.29) is 11.9 Å². The highest BCUT2D eigenvalue weighted by atomic mass is 16.5. The van der Waals surface area contributed by atoms with Crippen LogP contribution in [0.2, 0.25) is 0 Å². The summed E-state index contributed by atoms with van der Waals surface area (Å²) in [5, 5.41) is 1.01. The number of oxazole rings is 1. The van der Waals surface area contributed by atoms with Gasteiger partial charge in [0.15, 0.2) is 11.5 Å². The van der Waals surface area contributed by atoms with Gasteiger partial charge in [0.05, 0.1) is 42.3 Å². The summed E-state index contributed by atoms with van der Waals surface area (Å²) in [5.41, 5.74) is 10.5. The minimum Gasteiger partial charge on any atom is -0.495 e. The number of rotatable bonds is 6. The van der Waals surface area contributed by atoms with Crippen LogP contribution in [0.3, 0.4) is 0 Å². The van der Waals surface area contributed by atoms with Crippen LogP contribution in [0.4, 0.5) is 0 Å². The Morgan fingerprint density at radius 1 is 1.25 bits per heavy atom. The van der Waals surface area contributed by atoms with Gasteiger partial charge in [-0.25, -0.2) is 15.0 Å². The van der Waals surface area contributed by atoms with Gasteiger partial charge in [0.1, 0.15) is 17.5 Å². The molecule has 36 heavy (non-hydrogen) atoms. The van der Waals surface area contributed by atoms with Crippen molar-refractivity contribution in [2.45, 2.75) is 25.9 Å². The second kappa shape index (κ2) is 8.49. The fourth-order valence-corrected chi connectivity index (χ4v) is 5.06. The molecule has 0 radical (unpaired) electrons. The largest absolute Gasteiger partial charge is 0.495 e. The topological polar surface area (TPSA) is 117 Å². The minimum atomic E-state index is -0.0868. The Morgan fingerprint density at radius 2 is 2.11 bits per heavy atom. The molecule has 0 aliphatic carbocycles. The van der Waals surface area contributed by atoms with Gasteiger partial charge in [-0.3, -0.25) is 4.79 Å². The Balaban J connectivity index is 1.52. The molecule has 10 heteroatoms. The molecule has 1 atom stereocenters. The molecule has 4 aromatic heterocycles. The molecule has 5 heterocycles. The van der Waals surface area contributed by atoms with E-state index < -0.39 is 0 Å². The fourth-order valence-electron chi connectivity index (χ4n) is 5.06. The number of pyridine rings is 1. The van der Waals surface area contributed by atoms with E-state index in [2.05, 4.69) is 15.6 Å². The third-order valence-electron chi connectivity index (χ3n) is 6.68. The van der Waals surface area contributed by atoms with E-state index >= 15 is 0 Å². The van der Waals surface area contributed by atoms with Crippen molar-refractivity contribution < 1.29 is 13.9 Å². The highest BCUT2D eigenvalue weighted by Gasteiger charge is 2.28. The maximum atomic E-state index is 13.1. The fraction of sp³-hybridized carbons (Fsp3) is 0.308. The number of imidazole rings is 1. The zero-order valence-electron chi connectivity index (χ0n) is 20.4. The van der Waals surface area contributed by atoms with Gasteiger partial charge >= 0.3 is 0 Å². The predicted octanol–water partition coefficient (Wildman–Crippen LogP) is 2.98. The van der Waals surface area contributed by atoms with Crippen molar-refractivity contribution >= 4 is 28.0 Å². The second-order valence-electron chi connectivity index (χ2n) is 9.24. The van der Waals surface area contributed by atoms with Crippen LogP contribution in [0.5, 0.6) is 5.75 Å². The van der Waals surface area contributed by atoms with Gasteiger partial charge in [-0.15, -0.1) is 0 Å². The van der Waals surface area contributed by atoms with E-state index in [1.807, 2.05) is 42.8 Å². The van der Waals surface area contributed by atoms with Crippen molar-refractivity contribution in [1.29, 1.82) is 0 Å². The first-order valence-electron chi connectivity index (χ1n) is 11.9. The molecule has 184 valence electrons. The first-order chi connectivity index (χ1) is 17.4. The van der Waals surface area contributed by atoms with Gasteiger partial charge in [0.25, 0.3) is 5.91 Å². The van der Waals surface area contributed by atoms with Crippen LogP contribution >= 0.6 is 0 Å². The van der Waals surface area contributed by atoms with Crippen LogP contribution in [0, 0.1) is 0 Å². The van der Waals surface area contributed by atoms with E-state index in [0.29, 0.717) is 43.0 Å². The number of benzene rings is 1. The lowest BCUT2D eigenvalue weighted by molar-refractivity contribution is 0.0730. The summed E-state index contributed by atoms with van der Waals surface area (Å²) >= 11 is 0. The molecule has 1 aromatic carbocycles. The van der Waals surface area contributed by atoms with Gasteiger partial charge < -0.3 is 28.9 Å². The van der Waals surface area contributed by atoms with Crippen molar-refractivity contribution in [3.05, 3.63) is 59.9 Å². The zero-order chi connectivity index (χ0) is 25.0. The summed E-state index contributed by atoms with van der Waals surface area (Å²) in [7, 11) is 3.60. The average molecular weight is 486 g/mol. The maximum Gasteiger partial charge on any atom is 0.255 e. The average Bonchev–Trinajstić information content (AvgIpc) is 3.58. The minimum absolute atomic E-state index is 0.0436. The normalized spacial score (nSPS) is 14.6. The number of ether oxygens (including phenoxy) is 1. The number of methoxy groups -OCH3 is 1. The number of carbonyl (C=O) groups excluding carboxylic acids is 1. The monoisotopic (exact) mass is 485 g/mol. The van der Waals surface area contributed by atoms with Crippen LogP contribution in [-0.2, 0) is 20.0 Å². The quantitative estimate of drug-likeness (QED) is 0.393. The zero-order valence-corrected chi connectivity index (χ0v) is 20.4. The van der Waals surface area contributed by atoms with Crippen LogP contribution in [0.1, 0.15) is 28.9 Å². The molecule has 2 N–H and O–H groups in total. The van der Waals surface area contributed by atoms with Crippen LogP contribution in [-0.4, -0.2) is 61.1 Å². The number of aryl methyl sites for hydroxylation is 1. The number of aromatic nitrogens is 5. The van der Waals surface area contributed by atoms with E-state index in [0.717, 1.165) is 39.5 Å². The summed E-state index contributed by atoms with van der Waals surface area (Å²) in [6.45, 7) is 3.44. The van der Waals surface area contributed by atoms with E-state index in [4.69, 9.17) is 24.9 Å². The first-order valence-corrected chi connectivity index (χ1v) is 11.9. The van der Waals surface area contributed by atoms with E-state index in [9.17, 15) is 4.79 Å². The lowest BCUT2D eigenvalue weighted by Crippen LogP contribution is -2.44. The molecular weight excluding hydrogens is 458 g/mol. The molecule has 10 nitrogen and oxygen atoms in total. The lowest BCUT2D eigenvalue weighted by atomic mass is 10.0. The highest BCUT2D eigenvalue weighted by Crippen LogP contribution is 2.35. The predicted molar refractivity (Wildman–Crippen MR) is 135 cm³/mol. The molecule has 0 fully saturated rings. The third-order valence-corrected chi connectivity index (χ3v) is 6.68. The first kappa shape index (κ1) is 22.3. The number of nitrogens with two attached hydrogens (primary N) is 1. The number of fused-ring (bicyclic) bond motifs is 3. The van der Waals surface area contributed by atoms with Gasteiger partial charge in [0, 0.05) is 38.0 Å². The molecule has 0 spiro atoms. The number of amides is 1. The SMILES string of the molecule is COc1cccc2cc(-c3nc4cc5c(nc4n3C)CCN(C[C@@H](C)N)C5=O)n(Cc3ncco3)c12. The number of para-hydroxylation sites is 1. The summed E-state index contributed by atoms with van der Waals surface area (Å²) in [6.07, 6.45) is 3.88. The molecule has 1 aliphatic rings. The van der Waals surface area contributed by atoms with Crippen molar-refractivity contribution in [2.24, 2.45) is 12.8 Å². The third kappa shape index (κ3) is 3.53. The second-order valence-corrected chi connectivity index (χ2v) is 9.24. The highest BCUT2D eigenvalue weighted by molar-refractivity contribution is 5.99. The van der Waals surface area contributed by atoms with E-state index in [1.54, 1.807) is 24.5 Å². The van der Waals surface area contributed by atoms with Crippen LogP contribution in [0.25, 0.3) is 33.6 Å². The number of hydrogen-bond acceptors (Lipinski definition) is 7. The van der Waals surface area contributed by atoms with Crippen molar-refractivity contribution in [1.82, 2.24) is 29.0 Å². The molecule has 1 amide bonds. The molecular formula is C26H27N7O3. The van der Waals surface area contributed by atoms with E-state index in [1.165, 1.54) is 0 Å². The van der Waals surface area contributed by atoms with Crippen molar-refractivity contribution in [2.75, 3.05) is 20.2 Å². The summed E-state index contributed by atoms with van der Waals surface area (Å²) in [5.74, 6) is 2.01. The summed E-state index contributed by atoms with van der Waals surface area (Å²) in [4.78, 5) is 29.1. The smallest absolute Gasteiger partial charge is 0.255 e. The number of carbonyl (C=O) groups is 1. The molecule has 1 aliphatic heterocycles. The van der Waals surface area contributed by atoms with Gasteiger partial charge in [-0.1, -0.05) is 12.1 Å². The molecule has 5 aromatic rings. The summed E-state index contributed by atoms with van der Waals surface area (Å²) < 4.78 is 15.3. The number of hydrogen-bond donors (Lipinski definition) is 1. The Labute approximate surface area is 207 Å². The van der Waals surface area contributed by atoms with Crippen LogP contribution in [0.15, 0.2) is 47.2 Å². The molecule has 0 bridgehead atoms. The lowest BCUT2D eigenvalue weighted by Gasteiger charge is -2.29. The standard InChI is InChI=1S/C26H27N7O3/c1-15(27)13-32-9-7-18-17(26(32)34)12-19-24(29-18)31(2)25(30-19)20-11-16-5-4-6-21(35-3)23(16)33(20)14-22-28-8-10-36-22/h4-6,8,10-12,15H,7,9,13-14,27H2,1-3H3/t15-/m1/s1. The molecule has 0 unspecified atom stereocenters.